The number of hydrogen-bond donors (Lipinski definition) is 0. The maximum absolute atomic E-state index is 12.1. The summed E-state index contributed by atoms with van der Waals surface area (Å²) in [5.74, 6) is -0.329. The molecule has 3 nitrogen and oxygen atoms in total. The van der Waals surface area contributed by atoms with Gasteiger partial charge in [0.15, 0.2) is 0 Å². The maximum Gasteiger partial charge on any atom is 0.534 e. The van der Waals surface area contributed by atoms with Crippen molar-refractivity contribution in [3.8, 4) is 5.75 Å². The Morgan fingerprint density at radius 1 is 1.28 bits per heavy atom. The van der Waals surface area contributed by atoms with Gasteiger partial charge in [0.05, 0.1) is 0 Å². The minimum absolute atomic E-state index is 0.329. The molecular weight excluding hydrogens is 269 g/mol. The second kappa shape index (κ2) is 5.17. The first-order valence-electron chi connectivity index (χ1n) is 5.27. The first-order valence-corrected chi connectivity index (χ1v) is 6.68. The summed E-state index contributed by atoms with van der Waals surface area (Å²) in [5.41, 5.74) is -3.76. The predicted octanol–water partition coefficient (Wildman–Crippen LogP) is 3.18. The van der Waals surface area contributed by atoms with Crippen LogP contribution in [0.2, 0.25) is 0 Å². The van der Waals surface area contributed by atoms with Crippen LogP contribution in [0.1, 0.15) is 24.5 Å². The van der Waals surface area contributed by atoms with Gasteiger partial charge in [-0.3, -0.25) is 0 Å². The molecule has 0 N–H and O–H groups in total. The van der Waals surface area contributed by atoms with Crippen LogP contribution < -0.4 is 4.18 Å². The van der Waals surface area contributed by atoms with Crippen molar-refractivity contribution in [2.75, 3.05) is 0 Å². The van der Waals surface area contributed by atoms with Crippen LogP contribution in [0.4, 0.5) is 13.2 Å². The lowest BCUT2D eigenvalue weighted by molar-refractivity contribution is -0.0500. The largest absolute Gasteiger partial charge is 0.534 e. The Morgan fingerprint density at radius 2 is 1.89 bits per heavy atom. The minimum Gasteiger partial charge on any atom is -0.376 e. The molecule has 1 aromatic rings. The summed E-state index contributed by atoms with van der Waals surface area (Å²) >= 11 is 0. The topological polar surface area (TPSA) is 43.4 Å². The summed E-state index contributed by atoms with van der Waals surface area (Å²) in [6.07, 6.45) is 1.67. The Hall–Kier alpha value is -1.24. The van der Waals surface area contributed by atoms with E-state index < -0.39 is 15.6 Å². The summed E-state index contributed by atoms with van der Waals surface area (Å²) in [6, 6.07) is 4.08. The van der Waals surface area contributed by atoms with E-state index in [-0.39, 0.29) is 5.75 Å². The predicted molar refractivity (Wildman–Crippen MR) is 60.8 cm³/mol. The Balaban J connectivity index is 2.98. The second-order valence-corrected chi connectivity index (χ2v) is 5.36. The molecule has 0 aromatic heterocycles. The van der Waals surface area contributed by atoms with Gasteiger partial charge in [-0.05, 0) is 36.6 Å². The lowest BCUT2D eigenvalue weighted by Gasteiger charge is -2.11. The summed E-state index contributed by atoms with van der Waals surface area (Å²) in [5, 5.41) is 0. The van der Waals surface area contributed by atoms with E-state index in [1.54, 1.807) is 13.0 Å². The molecule has 0 fully saturated rings. The number of hydrogen-bond acceptors (Lipinski definition) is 3. The molecule has 0 radical (unpaired) electrons. The van der Waals surface area contributed by atoms with Crippen molar-refractivity contribution < 1.29 is 25.8 Å². The zero-order valence-corrected chi connectivity index (χ0v) is 10.7. The van der Waals surface area contributed by atoms with Crippen molar-refractivity contribution in [1.29, 1.82) is 0 Å². The van der Waals surface area contributed by atoms with E-state index in [0.717, 1.165) is 18.4 Å². The molecule has 0 heterocycles. The molecule has 1 aromatic carbocycles. The normalized spacial score (nSPS) is 12.5. The first kappa shape index (κ1) is 14.8. The summed E-state index contributed by atoms with van der Waals surface area (Å²) in [6.45, 7) is 3.66. The van der Waals surface area contributed by atoms with Gasteiger partial charge in [0.1, 0.15) is 5.75 Å². The Bertz CT molecular complexity index is 521. The SMILES string of the molecule is CCCc1ccc(OS(=O)(=O)C(F)(F)F)cc1C. The van der Waals surface area contributed by atoms with Crippen LogP contribution >= 0.6 is 0 Å². The molecule has 0 amide bonds. The molecule has 0 aliphatic heterocycles. The lowest BCUT2D eigenvalue weighted by atomic mass is 10.0. The van der Waals surface area contributed by atoms with Crippen molar-refractivity contribution in [3.63, 3.8) is 0 Å². The third kappa shape index (κ3) is 3.38. The molecule has 0 spiro atoms. The molecule has 0 bridgehead atoms. The number of rotatable bonds is 4. The van der Waals surface area contributed by atoms with E-state index in [9.17, 15) is 21.6 Å². The summed E-state index contributed by atoms with van der Waals surface area (Å²) < 4.78 is 61.9. The van der Waals surface area contributed by atoms with Crippen molar-refractivity contribution in [3.05, 3.63) is 29.3 Å². The molecule has 7 heteroatoms. The number of alkyl halides is 3. The highest BCUT2D eigenvalue weighted by Crippen LogP contribution is 2.28. The molecule has 0 aliphatic rings. The molecule has 0 aliphatic carbocycles. The van der Waals surface area contributed by atoms with Crippen molar-refractivity contribution in [1.82, 2.24) is 0 Å². The minimum atomic E-state index is -5.59. The van der Waals surface area contributed by atoms with Crippen LogP contribution in [-0.4, -0.2) is 13.9 Å². The highest BCUT2D eigenvalue weighted by molar-refractivity contribution is 7.87. The van der Waals surface area contributed by atoms with E-state index in [1.807, 2.05) is 6.92 Å². The van der Waals surface area contributed by atoms with Gasteiger partial charge in [-0.1, -0.05) is 19.4 Å². The van der Waals surface area contributed by atoms with Gasteiger partial charge in [-0.2, -0.15) is 21.6 Å². The average Bonchev–Trinajstić information content (AvgIpc) is 2.20. The van der Waals surface area contributed by atoms with E-state index in [1.165, 1.54) is 12.1 Å². The van der Waals surface area contributed by atoms with Crippen LogP contribution in [-0.2, 0) is 16.5 Å². The quantitative estimate of drug-likeness (QED) is 0.629. The lowest BCUT2D eigenvalue weighted by Crippen LogP contribution is -2.28. The number of halogens is 3. The maximum atomic E-state index is 12.1. The first-order chi connectivity index (χ1) is 8.17. The molecule has 0 atom stereocenters. The van der Waals surface area contributed by atoms with E-state index in [0.29, 0.717) is 5.56 Å². The fraction of sp³-hybridized carbons (Fsp3) is 0.455. The highest BCUT2D eigenvalue weighted by Gasteiger charge is 2.48. The zero-order valence-electron chi connectivity index (χ0n) is 9.91. The second-order valence-electron chi connectivity index (χ2n) is 3.82. The molecule has 1 rings (SSSR count). The molecule has 0 saturated carbocycles. The van der Waals surface area contributed by atoms with E-state index in [4.69, 9.17) is 0 Å². The van der Waals surface area contributed by atoms with E-state index in [2.05, 4.69) is 4.18 Å². The van der Waals surface area contributed by atoms with Gasteiger partial charge in [0.2, 0.25) is 0 Å². The van der Waals surface area contributed by atoms with Crippen molar-refractivity contribution >= 4 is 10.1 Å². The van der Waals surface area contributed by atoms with Crippen molar-refractivity contribution in [2.45, 2.75) is 32.2 Å². The Labute approximate surface area is 104 Å². The number of benzene rings is 1. The summed E-state index contributed by atoms with van der Waals surface area (Å²) in [7, 11) is -5.59. The van der Waals surface area contributed by atoms with Crippen molar-refractivity contribution in [2.24, 2.45) is 0 Å². The molecular formula is C11H13F3O3S. The van der Waals surface area contributed by atoms with Crippen LogP contribution in [0, 0.1) is 6.92 Å². The van der Waals surface area contributed by atoms with Gasteiger partial charge >= 0.3 is 15.6 Å². The van der Waals surface area contributed by atoms with Crippen LogP contribution in [0.5, 0.6) is 5.75 Å². The Kier molecular flexibility index (Phi) is 4.26. The molecule has 0 unspecified atom stereocenters. The standard InChI is InChI=1S/C11H13F3O3S/c1-3-4-9-5-6-10(7-8(9)2)17-18(15,16)11(12,13)14/h5-7H,3-4H2,1-2H3. The van der Waals surface area contributed by atoms with Gasteiger partial charge < -0.3 is 4.18 Å². The highest BCUT2D eigenvalue weighted by atomic mass is 32.2. The fourth-order valence-corrected chi connectivity index (χ4v) is 1.90. The van der Waals surface area contributed by atoms with Gasteiger partial charge in [0.25, 0.3) is 0 Å². The molecule has 0 saturated heterocycles. The third-order valence-electron chi connectivity index (χ3n) is 2.32. The van der Waals surface area contributed by atoms with Gasteiger partial charge in [-0.25, -0.2) is 0 Å². The van der Waals surface area contributed by atoms with Gasteiger partial charge in [-0.15, -0.1) is 0 Å². The summed E-state index contributed by atoms with van der Waals surface area (Å²) in [4.78, 5) is 0. The Morgan fingerprint density at radius 3 is 2.33 bits per heavy atom. The van der Waals surface area contributed by atoms with Gasteiger partial charge in [0, 0.05) is 0 Å². The third-order valence-corrected chi connectivity index (χ3v) is 3.30. The van der Waals surface area contributed by atoms with Crippen LogP contribution in [0.3, 0.4) is 0 Å². The molecule has 18 heavy (non-hydrogen) atoms. The monoisotopic (exact) mass is 282 g/mol. The smallest absolute Gasteiger partial charge is 0.376 e. The van der Waals surface area contributed by atoms with E-state index >= 15 is 0 Å². The zero-order chi connectivity index (χ0) is 14.0. The average molecular weight is 282 g/mol. The molecule has 102 valence electrons. The van der Waals surface area contributed by atoms with Crippen LogP contribution in [0.25, 0.3) is 0 Å². The number of aryl methyl sites for hydroxylation is 2. The fourth-order valence-electron chi connectivity index (χ4n) is 1.44. The van der Waals surface area contributed by atoms with Crippen LogP contribution in [0.15, 0.2) is 18.2 Å².